The molecule has 0 bridgehead atoms. The second-order valence-electron chi connectivity index (χ2n) is 10.2. The second kappa shape index (κ2) is 8.11. The lowest BCUT2D eigenvalue weighted by molar-refractivity contribution is 0.0994. The van der Waals surface area contributed by atoms with E-state index in [4.69, 9.17) is 14.1 Å². The molecule has 190 valence electrons. The number of rotatable bonds is 6. The molecule has 1 amide bonds. The van der Waals surface area contributed by atoms with Gasteiger partial charge >= 0.3 is 0 Å². The summed E-state index contributed by atoms with van der Waals surface area (Å²) in [4.78, 5) is 24.1. The van der Waals surface area contributed by atoms with Crippen molar-refractivity contribution in [3.63, 3.8) is 0 Å². The number of pyridine rings is 1. The summed E-state index contributed by atoms with van der Waals surface area (Å²) in [7, 11) is 0. The quantitative estimate of drug-likeness (QED) is 0.423. The van der Waals surface area contributed by atoms with Gasteiger partial charge in [0.25, 0.3) is 5.91 Å². The molecule has 4 heterocycles. The lowest BCUT2D eigenvalue weighted by Gasteiger charge is -2.29. The summed E-state index contributed by atoms with van der Waals surface area (Å²) in [5.41, 5.74) is 3.28. The smallest absolute Gasteiger partial charge is 0.293 e. The number of aryl methyl sites for hydroxylation is 2. The van der Waals surface area contributed by atoms with Gasteiger partial charge in [-0.2, -0.15) is 4.52 Å². The van der Waals surface area contributed by atoms with E-state index in [-0.39, 0.29) is 16.9 Å². The molecule has 2 aliphatic carbocycles. The van der Waals surface area contributed by atoms with Crippen LogP contribution >= 0.6 is 0 Å². The van der Waals surface area contributed by atoms with Crippen molar-refractivity contribution in [1.82, 2.24) is 19.6 Å². The van der Waals surface area contributed by atoms with Crippen LogP contribution in [0.15, 0.2) is 34.9 Å². The van der Waals surface area contributed by atoms with Crippen LogP contribution in [-0.4, -0.2) is 51.8 Å². The number of halogens is 1. The van der Waals surface area contributed by atoms with Gasteiger partial charge in [-0.3, -0.25) is 4.79 Å². The van der Waals surface area contributed by atoms with Crippen molar-refractivity contribution in [3.05, 3.63) is 59.3 Å². The highest BCUT2D eigenvalue weighted by Gasteiger charge is 2.73. The zero-order chi connectivity index (χ0) is 25.3. The summed E-state index contributed by atoms with van der Waals surface area (Å²) in [6.07, 6.45) is 4.30. The van der Waals surface area contributed by atoms with Gasteiger partial charge < -0.3 is 19.4 Å². The van der Waals surface area contributed by atoms with Crippen molar-refractivity contribution in [3.8, 4) is 11.1 Å². The minimum Gasteiger partial charge on any atom is -0.435 e. The zero-order valence-corrected chi connectivity index (χ0v) is 20.8. The number of anilines is 2. The number of oxazole rings is 1. The van der Waals surface area contributed by atoms with Crippen LogP contribution < -0.4 is 10.2 Å². The number of nitrogens with one attached hydrogen (secondary N) is 1. The van der Waals surface area contributed by atoms with Crippen LogP contribution in [0.3, 0.4) is 0 Å². The molecule has 3 fully saturated rings. The van der Waals surface area contributed by atoms with Gasteiger partial charge in [-0.15, -0.1) is 5.10 Å². The highest BCUT2D eigenvalue weighted by Crippen LogP contribution is 2.75. The molecule has 4 aromatic rings. The van der Waals surface area contributed by atoms with Gasteiger partial charge in [0.05, 0.1) is 30.5 Å². The standard InChI is InChI=1S/C27H27FN6O3/c1-3-22-31-23-9-16(10-24(34(23)32-22)33-4-6-36-7-5-33)18-11-20(19(28)8-15(18)2)30-25(35)21-14-29-26(37-21)27-12-17(27)13-27/h8-11,14,17H,3-7,12-13H2,1-2H3,(H,30,35). The number of hydrogen-bond acceptors (Lipinski definition) is 7. The Bertz CT molecular complexity index is 1550. The number of carbonyl (C=O) groups excluding carboxylic acids is 1. The Morgan fingerprint density at radius 2 is 2.00 bits per heavy atom. The fourth-order valence-electron chi connectivity index (χ4n) is 5.26. The fraction of sp³-hybridized carbons (Fsp3) is 0.407. The number of benzene rings is 1. The van der Waals surface area contributed by atoms with E-state index in [2.05, 4.69) is 20.3 Å². The molecule has 1 aliphatic heterocycles. The predicted molar refractivity (Wildman–Crippen MR) is 134 cm³/mol. The van der Waals surface area contributed by atoms with Crippen molar-refractivity contribution in [1.29, 1.82) is 0 Å². The van der Waals surface area contributed by atoms with Crippen LogP contribution in [0.4, 0.5) is 15.9 Å². The van der Waals surface area contributed by atoms with Gasteiger partial charge in [0.2, 0.25) is 11.7 Å². The van der Waals surface area contributed by atoms with E-state index in [1.807, 2.05) is 30.5 Å². The molecular formula is C27H27FN6O3. The number of amides is 1. The van der Waals surface area contributed by atoms with Crippen molar-refractivity contribution < 1.29 is 18.3 Å². The molecule has 2 saturated carbocycles. The lowest BCUT2D eigenvalue weighted by Crippen LogP contribution is -2.37. The molecule has 7 rings (SSSR count). The third kappa shape index (κ3) is 3.69. The van der Waals surface area contributed by atoms with Gasteiger partial charge in [-0.1, -0.05) is 6.92 Å². The molecule has 1 saturated heterocycles. The number of fused-ring (bicyclic) bond motifs is 2. The maximum absolute atomic E-state index is 15.0. The summed E-state index contributed by atoms with van der Waals surface area (Å²) >= 11 is 0. The number of hydrogen-bond donors (Lipinski definition) is 1. The number of ether oxygens (including phenoxy) is 1. The highest BCUT2D eigenvalue weighted by molar-refractivity contribution is 6.02. The highest BCUT2D eigenvalue weighted by atomic mass is 19.1. The van der Waals surface area contributed by atoms with E-state index in [1.165, 1.54) is 12.3 Å². The van der Waals surface area contributed by atoms with Gasteiger partial charge in [0.15, 0.2) is 11.5 Å². The average Bonchev–Trinajstić information content (AvgIpc) is 3.61. The Hall–Kier alpha value is -3.79. The van der Waals surface area contributed by atoms with Crippen LogP contribution in [0.25, 0.3) is 16.8 Å². The van der Waals surface area contributed by atoms with Gasteiger partial charge in [-0.25, -0.2) is 14.4 Å². The third-order valence-electron chi connectivity index (χ3n) is 7.82. The molecule has 0 unspecified atom stereocenters. The molecule has 0 atom stereocenters. The van der Waals surface area contributed by atoms with E-state index in [9.17, 15) is 9.18 Å². The van der Waals surface area contributed by atoms with Crippen LogP contribution in [0, 0.1) is 18.7 Å². The minimum absolute atomic E-state index is 0.0665. The molecular weight excluding hydrogens is 475 g/mol. The third-order valence-corrected chi connectivity index (χ3v) is 7.82. The Labute approximate surface area is 212 Å². The summed E-state index contributed by atoms with van der Waals surface area (Å²) in [6, 6.07) is 7.10. The number of morpholine rings is 1. The summed E-state index contributed by atoms with van der Waals surface area (Å²) < 4.78 is 28.1. The molecule has 3 aliphatic rings. The molecule has 0 radical (unpaired) electrons. The summed E-state index contributed by atoms with van der Waals surface area (Å²) in [5.74, 6) is 2.00. The largest absolute Gasteiger partial charge is 0.435 e. The van der Waals surface area contributed by atoms with E-state index in [1.54, 1.807) is 6.07 Å². The van der Waals surface area contributed by atoms with E-state index in [0.717, 1.165) is 66.3 Å². The predicted octanol–water partition coefficient (Wildman–Crippen LogP) is 4.14. The fourth-order valence-corrected chi connectivity index (χ4v) is 5.26. The van der Waals surface area contributed by atoms with Crippen LogP contribution in [0.1, 0.15) is 47.6 Å². The maximum Gasteiger partial charge on any atom is 0.293 e. The molecule has 10 heteroatoms. The first-order chi connectivity index (χ1) is 17.9. The Morgan fingerprint density at radius 1 is 1.22 bits per heavy atom. The van der Waals surface area contributed by atoms with E-state index >= 15 is 0 Å². The molecule has 1 N–H and O–H groups in total. The average molecular weight is 503 g/mol. The van der Waals surface area contributed by atoms with Crippen LogP contribution in [-0.2, 0) is 16.6 Å². The first-order valence-electron chi connectivity index (χ1n) is 12.8. The topological polar surface area (TPSA) is 97.8 Å². The summed E-state index contributed by atoms with van der Waals surface area (Å²) in [6.45, 7) is 6.63. The van der Waals surface area contributed by atoms with Crippen molar-refractivity contribution >= 4 is 23.1 Å². The molecule has 3 aromatic heterocycles. The van der Waals surface area contributed by atoms with Crippen molar-refractivity contribution in [2.75, 3.05) is 36.5 Å². The normalized spacial score (nSPS) is 22.2. The van der Waals surface area contributed by atoms with Crippen molar-refractivity contribution in [2.24, 2.45) is 5.92 Å². The number of nitrogens with zero attached hydrogens (tertiary/aromatic N) is 5. The molecule has 1 aromatic carbocycles. The van der Waals surface area contributed by atoms with Gasteiger partial charge in [0.1, 0.15) is 11.6 Å². The monoisotopic (exact) mass is 502 g/mol. The number of carbonyl (C=O) groups is 1. The van der Waals surface area contributed by atoms with Gasteiger partial charge in [0, 0.05) is 19.5 Å². The van der Waals surface area contributed by atoms with E-state index < -0.39 is 11.7 Å². The van der Waals surface area contributed by atoms with Crippen molar-refractivity contribution in [2.45, 2.75) is 38.5 Å². The second-order valence-corrected chi connectivity index (χ2v) is 10.2. The first-order valence-corrected chi connectivity index (χ1v) is 12.8. The summed E-state index contributed by atoms with van der Waals surface area (Å²) in [5, 5.41) is 7.37. The SMILES string of the molecule is CCc1nc2cc(-c3cc(NC(=O)c4cnc(C56CC5C6)o4)c(F)cc3C)cc(N3CCOCC3)n2n1. The Kier molecular flexibility index (Phi) is 4.91. The Balaban J connectivity index is 1.25. The zero-order valence-electron chi connectivity index (χ0n) is 20.8. The van der Waals surface area contributed by atoms with Crippen LogP contribution in [0.5, 0.6) is 0 Å². The minimum atomic E-state index is -0.517. The molecule has 9 nitrogen and oxygen atoms in total. The van der Waals surface area contributed by atoms with Crippen LogP contribution in [0.2, 0.25) is 0 Å². The molecule has 37 heavy (non-hydrogen) atoms. The van der Waals surface area contributed by atoms with E-state index in [0.29, 0.717) is 25.0 Å². The number of aromatic nitrogens is 4. The maximum atomic E-state index is 15.0. The lowest BCUT2D eigenvalue weighted by atomic mass is 9.99. The molecule has 0 spiro atoms. The Morgan fingerprint density at radius 3 is 2.73 bits per heavy atom. The van der Waals surface area contributed by atoms with Gasteiger partial charge in [-0.05, 0) is 66.6 Å². The first kappa shape index (κ1) is 22.4.